The van der Waals surface area contributed by atoms with Crippen molar-refractivity contribution in [1.29, 1.82) is 0 Å². The van der Waals surface area contributed by atoms with Gasteiger partial charge in [-0.2, -0.15) is 0 Å². The second-order valence-corrected chi connectivity index (χ2v) is 13.1. The predicted molar refractivity (Wildman–Crippen MR) is 178 cm³/mol. The topological polar surface area (TPSA) is 96.0 Å². The average Bonchev–Trinajstić information content (AvgIpc) is 3.02. The fourth-order valence-corrected chi connectivity index (χ4v) is 6.64. The maximum Gasteiger partial charge on any atom is 0.264 e. The van der Waals surface area contributed by atoms with Gasteiger partial charge in [0.05, 0.1) is 17.7 Å². The first-order chi connectivity index (χ1) is 21.5. The standard InChI is InChI=1S/C35H38ClN3O5S/c1-5-37-35(41)32(21-27-11-7-6-8-12-27)38(23-28-13-9-10-26(3)20-28)34(40)24-39(31-22-29(36)16-19-33(31)44-4)45(42,43)30-17-14-25(2)15-18-30/h6-20,22,32H,5,21,23-24H2,1-4H3,(H,37,41). The normalized spacial score (nSPS) is 11.8. The molecule has 1 N–H and O–H groups in total. The molecule has 0 aliphatic heterocycles. The maximum atomic E-state index is 14.5. The van der Waals surface area contributed by atoms with Crippen LogP contribution in [0.15, 0.2) is 102 Å². The number of methoxy groups -OCH3 is 1. The second kappa shape index (κ2) is 15.1. The van der Waals surface area contributed by atoms with Gasteiger partial charge in [-0.05, 0) is 62.2 Å². The van der Waals surface area contributed by atoms with Gasteiger partial charge in [-0.1, -0.05) is 89.5 Å². The Balaban J connectivity index is 1.85. The molecule has 0 heterocycles. The van der Waals surface area contributed by atoms with Crippen molar-refractivity contribution in [2.75, 3.05) is 24.5 Å². The first kappa shape index (κ1) is 33.6. The van der Waals surface area contributed by atoms with E-state index < -0.39 is 28.5 Å². The third-order valence-corrected chi connectivity index (χ3v) is 9.36. The number of sulfonamides is 1. The fraction of sp³-hybridized carbons (Fsp3) is 0.257. The number of halogens is 1. The molecule has 0 saturated heterocycles. The van der Waals surface area contributed by atoms with E-state index >= 15 is 0 Å². The number of rotatable bonds is 13. The van der Waals surface area contributed by atoms with Crippen molar-refractivity contribution < 1.29 is 22.7 Å². The zero-order chi connectivity index (χ0) is 32.6. The summed E-state index contributed by atoms with van der Waals surface area (Å²) in [6.07, 6.45) is 0.232. The van der Waals surface area contributed by atoms with Gasteiger partial charge in [-0.3, -0.25) is 13.9 Å². The van der Waals surface area contributed by atoms with E-state index in [0.717, 1.165) is 26.6 Å². The van der Waals surface area contributed by atoms with Gasteiger partial charge in [0.2, 0.25) is 11.8 Å². The largest absolute Gasteiger partial charge is 0.495 e. The van der Waals surface area contributed by atoms with Crippen molar-refractivity contribution >= 4 is 39.1 Å². The molecule has 8 nitrogen and oxygen atoms in total. The number of nitrogens with one attached hydrogen (secondary N) is 1. The maximum absolute atomic E-state index is 14.5. The molecule has 0 aliphatic carbocycles. The Bertz CT molecular complexity index is 1730. The van der Waals surface area contributed by atoms with E-state index in [1.54, 1.807) is 24.3 Å². The van der Waals surface area contributed by atoms with E-state index in [1.807, 2.05) is 75.4 Å². The number of aryl methyl sites for hydroxylation is 2. The molecular formula is C35H38ClN3O5S. The van der Waals surface area contributed by atoms with Crippen LogP contribution in [0.1, 0.15) is 29.2 Å². The number of nitrogens with zero attached hydrogens (tertiary/aromatic N) is 2. The van der Waals surface area contributed by atoms with Gasteiger partial charge < -0.3 is 15.0 Å². The lowest BCUT2D eigenvalue weighted by Gasteiger charge is -2.34. The number of hydrogen-bond acceptors (Lipinski definition) is 5. The van der Waals surface area contributed by atoms with E-state index in [0.29, 0.717) is 6.54 Å². The van der Waals surface area contributed by atoms with Crippen LogP contribution in [0.25, 0.3) is 0 Å². The molecule has 2 amide bonds. The first-order valence-corrected chi connectivity index (χ1v) is 16.4. The van der Waals surface area contributed by atoms with Gasteiger partial charge >= 0.3 is 0 Å². The quantitative estimate of drug-likeness (QED) is 0.194. The summed E-state index contributed by atoms with van der Waals surface area (Å²) in [7, 11) is -2.88. The molecule has 0 bridgehead atoms. The van der Waals surface area contributed by atoms with Crippen LogP contribution in [0.5, 0.6) is 5.75 Å². The van der Waals surface area contributed by atoms with Crippen LogP contribution in [0, 0.1) is 13.8 Å². The number of hydrogen-bond donors (Lipinski definition) is 1. The highest BCUT2D eigenvalue weighted by molar-refractivity contribution is 7.92. The molecule has 1 unspecified atom stereocenters. The Morgan fingerprint density at radius 2 is 1.56 bits per heavy atom. The van der Waals surface area contributed by atoms with Crippen molar-refractivity contribution in [1.82, 2.24) is 10.2 Å². The summed E-state index contributed by atoms with van der Waals surface area (Å²) in [4.78, 5) is 29.6. The van der Waals surface area contributed by atoms with Crippen LogP contribution in [0.4, 0.5) is 5.69 Å². The lowest BCUT2D eigenvalue weighted by atomic mass is 10.0. The van der Waals surface area contributed by atoms with Gasteiger partial charge in [0.15, 0.2) is 0 Å². The molecule has 0 fully saturated rings. The average molecular weight is 648 g/mol. The van der Waals surface area contributed by atoms with Gasteiger partial charge in [0.25, 0.3) is 10.0 Å². The number of likely N-dealkylation sites (N-methyl/N-ethyl adjacent to an activating group) is 1. The van der Waals surface area contributed by atoms with E-state index in [2.05, 4.69) is 5.32 Å². The monoisotopic (exact) mass is 647 g/mol. The van der Waals surface area contributed by atoms with Crippen molar-refractivity contribution in [3.63, 3.8) is 0 Å². The summed E-state index contributed by atoms with van der Waals surface area (Å²) < 4.78 is 35.0. The molecule has 4 rings (SSSR count). The van der Waals surface area contributed by atoms with Gasteiger partial charge in [0, 0.05) is 24.5 Å². The number of ether oxygens (including phenoxy) is 1. The summed E-state index contributed by atoms with van der Waals surface area (Å²) >= 11 is 6.35. The summed E-state index contributed by atoms with van der Waals surface area (Å²) in [5.74, 6) is -0.685. The van der Waals surface area contributed by atoms with Crippen LogP contribution in [-0.4, -0.2) is 51.4 Å². The second-order valence-electron chi connectivity index (χ2n) is 10.8. The molecule has 1 atom stereocenters. The number of amides is 2. The zero-order valence-electron chi connectivity index (χ0n) is 25.9. The molecule has 4 aromatic rings. The highest BCUT2D eigenvalue weighted by Gasteiger charge is 2.35. The summed E-state index contributed by atoms with van der Waals surface area (Å²) in [5.41, 5.74) is 3.64. The van der Waals surface area contributed by atoms with Crippen molar-refractivity contribution in [2.24, 2.45) is 0 Å². The Morgan fingerprint density at radius 3 is 2.20 bits per heavy atom. The molecular weight excluding hydrogens is 610 g/mol. The Morgan fingerprint density at radius 1 is 0.867 bits per heavy atom. The lowest BCUT2D eigenvalue weighted by Crippen LogP contribution is -2.53. The Kier molecular flexibility index (Phi) is 11.3. The van der Waals surface area contributed by atoms with Crippen molar-refractivity contribution in [3.05, 3.63) is 124 Å². The highest BCUT2D eigenvalue weighted by Crippen LogP contribution is 2.35. The zero-order valence-corrected chi connectivity index (χ0v) is 27.4. The van der Waals surface area contributed by atoms with E-state index in [-0.39, 0.29) is 40.2 Å². The molecule has 0 aromatic heterocycles. The SMILES string of the molecule is CCNC(=O)C(Cc1ccccc1)N(Cc1cccc(C)c1)C(=O)CN(c1cc(Cl)ccc1OC)S(=O)(=O)c1ccc(C)cc1. The van der Waals surface area contributed by atoms with E-state index in [1.165, 1.54) is 30.2 Å². The Hall–Kier alpha value is -4.34. The minimum absolute atomic E-state index is 0.00211. The smallest absolute Gasteiger partial charge is 0.264 e. The third-order valence-electron chi connectivity index (χ3n) is 7.35. The van der Waals surface area contributed by atoms with E-state index in [9.17, 15) is 18.0 Å². The third kappa shape index (κ3) is 8.44. The van der Waals surface area contributed by atoms with Crippen LogP contribution in [0.3, 0.4) is 0 Å². The Labute approximate surface area is 270 Å². The van der Waals surface area contributed by atoms with E-state index in [4.69, 9.17) is 16.3 Å². The number of benzene rings is 4. The number of carbonyl (C=O) groups is 2. The highest BCUT2D eigenvalue weighted by atomic mass is 35.5. The number of carbonyl (C=O) groups excluding carboxylic acids is 2. The predicted octanol–water partition coefficient (Wildman–Crippen LogP) is 5.94. The molecule has 10 heteroatoms. The van der Waals surface area contributed by atoms with Gasteiger partial charge in [-0.15, -0.1) is 0 Å². The first-order valence-electron chi connectivity index (χ1n) is 14.6. The molecule has 0 aliphatic rings. The van der Waals surface area contributed by atoms with Crippen molar-refractivity contribution in [2.45, 2.75) is 44.7 Å². The fourth-order valence-electron chi connectivity index (χ4n) is 5.06. The summed E-state index contributed by atoms with van der Waals surface area (Å²) in [6, 6.07) is 27.1. The summed E-state index contributed by atoms with van der Waals surface area (Å²) in [5, 5.41) is 3.14. The molecule has 4 aromatic carbocycles. The molecule has 45 heavy (non-hydrogen) atoms. The van der Waals surface area contributed by atoms with Crippen LogP contribution < -0.4 is 14.4 Å². The minimum atomic E-state index is -4.30. The molecule has 0 spiro atoms. The molecule has 236 valence electrons. The van der Waals surface area contributed by atoms with Crippen LogP contribution in [-0.2, 0) is 32.6 Å². The lowest BCUT2D eigenvalue weighted by molar-refractivity contribution is -0.140. The minimum Gasteiger partial charge on any atom is -0.495 e. The molecule has 0 saturated carbocycles. The van der Waals surface area contributed by atoms with Crippen molar-refractivity contribution in [3.8, 4) is 5.75 Å². The van der Waals surface area contributed by atoms with Crippen LogP contribution >= 0.6 is 11.6 Å². The molecule has 0 radical (unpaired) electrons. The van der Waals surface area contributed by atoms with Gasteiger partial charge in [-0.25, -0.2) is 8.42 Å². The summed E-state index contributed by atoms with van der Waals surface area (Å²) in [6.45, 7) is 5.46. The number of anilines is 1. The van der Waals surface area contributed by atoms with Gasteiger partial charge in [0.1, 0.15) is 18.3 Å². The van der Waals surface area contributed by atoms with Crippen LogP contribution in [0.2, 0.25) is 5.02 Å².